The molecule has 1 rings (SSSR count). The van der Waals surface area contributed by atoms with Crippen molar-refractivity contribution < 1.29 is 19.7 Å². The Morgan fingerprint density at radius 1 is 1.39 bits per heavy atom. The van der Waals surface area contributed by atoms with E-state index < -0.39 is 17.2 Å². The fourth-order valence-electron chi connectivity index (χ4n) is 2.80. The van der Waals surface area contributed by atoms with E-state index in [-0.39, 0.29) is 6.04 Å². The van der Waals surface area contributed by atoms with Crippen LogP contribution in [0.2, 0.25) is 0 Å². The van der Waals surface area contributed by atoms with Crippen LogP contribution in [0.3, 0.4) is 0 Å². The third-order valence-electron chi connectivity index (χ3n) is 3.59. The van der Waals surface area contributed by atoms with Gasteiger partial charge in [-0.1, -0.05) is 0 Å². The predicted octanol–water partition coefficient (Wildman–Crippen LogP) is 2.08. The van der Waals surface area contributed by atoms with Crippen LogP contribution in [-0.4, -0.2) is 52.1 Å². The van der Waals surface area contributed by atoms with Crippen LogP contribution in [-0.2, 0) is 4.74 Å². The molecule has 0 saturated heterocycles. The molecule has 0 bridgehead atoms. The molecule has 0 spiro atoms. The summed E-state index contributed by atoms with van der Waals surface area (Å²) in [4.78, 5) is 12.9. The summed E-state index contributed by atoms with van der Waals surface area (Å²) in [5.41, 5.74) is -1.19. The standard InChI is InChI=1S/C13H25NO4/c1-12(2,3)14(11(15)16)10-5-7-13(17,8-6-10)9-18-4/h10,17H,5-9H2,1-4H3,(H,15,16)/t10-,13+. The first-order chi connectivity index (χ1) is 8.19. The van der Waals surface area contributed by atoms with E-state index in [1.54, 1.807) is 7.11 Å². The molecular formula is C13H25NO4. The number of carbonyl (C=O) groups is 1. The second-order valence-corrected chi connectivity index (χ2v) is 6.21. The molecule has 0 aromatic rings. The lowest BCUT2D eigenvalue weighted by atomic mass is 9.81. The van der Waals surface area contributed by atoms with Gasteiger partial charge in [-0.2, -0.15) is 0 Å². The number of ether oxygens (including phenoxy) is 1. The van der Waals surface area contributed by atoms with Crippen LogP contribution in [0, 0.1) is 0 Å². The van der Waals surface area contributed by atoms with Crippen LogP contribution < -0.4 is 0 Å². The molecule has 18 heavy (non-hydrogen) atoms. The van der Waals surface area contributed by atoms with Gasteiger partial charge in [0.25, 0.3) is 0 Å². The smallest absolute Gasteiger partial charge is 0.407 e. The van der Waals surface area contributed by atoms with Crippen molar-refractivity contribution in [2.45, 2.75) is 63.6 Å². The lowest BCUT2D eigenvalue weighted by Gasteiger charge is -2.44. The van der Waals surface area contributed by atoms with Crippen LogP contribution in [0.4, 0.5) is 4.79 Å². The molecule has 2 N–H and O–H groups in total. The fraction of sp³-hybridized carbons (Fsp3) is 0.923. The fourth-order valence-corrected chi connectivity index (χ4v) is 2.80. The molecular weight excluding hydrogens is 234 g/mol. The monoisotopic (exact) mass is 259 g/mol. The topological polar surface area (TPSA) is 70.0 Å². The maximum atomic E-state index is 11.4. The highest BCUT2D eigenvalue weighted by atomic mass is 16.5. The van der Waals surface area contributed by atoms with Gasteiger partial charge in [0.15, 0.2) is 0 Å². The summed E-state index contributed by atoms with van der Waals surface area (Å²) in [5.74, 6) is 0. The highest BCUT2D eigenvalue weighted by molar-refractivity contribution is 5.66. The lowest BCUT2D eigenvalue weighted by Crippen LogP contribution is -2.54. The molecule has 0 aromatic heterocycles. The number of carboxylic acid groups (broad SMARTS) is 1. The molecule has 0 aliphatic heterocycles. The Morgan fingerprint density at radius 3 is 2.22 bits per heavy atom. The summed E-state index contributed by atoms with van der Waals surface area (Å²) in [6, 6.07) is -0.0142. The summed E-state index contributed by atoms with van der Waals surface area (Å²) in [5, 5.41) is 19.6. The second kappa shape index (κ2) is 5.45. The minimum absolute atomic E-state index is 0.0142. The van der Waals surface area contributed by atoms with E-state index in [1.807, 2.05) is 20.8 Å². The van der Waals surface area contributed by atoms with Gasteiger partial charge in [-0.05, 0) is 46.5 Å². The van der Waals surface area contributed by atoms with Crippen LogP contribution in [0.5, 0.6) is 0 Å². The van der Waals surface area contributed by atoms with Crippen molar-refractivity contribution in [2.24, 2.45) is 0 Å². The second-order valence-electron chi connectivity index (χ2n) is 6.21. The highest BCUT2D eigenvalue weighted by Gasteiger charge is 2.40. The Hall–Kier alpha value is -0.810. The van der Waals surface area contributed by atoms with Gasteiger partial charge < -0.3 is 19.8 Å². The van der Waals surface area contributed by atoms with E-state index >= 15 is 0 Å². The predicted molar refractivity (Wildman–Crippen MR) is 68.7 cm³/mol. The first-order valence-corrected chi connectivity index (χ1v) is 6.43. The Bertz CT molecular complexity index is 290. The van der Waals surface area contributed by atoms with Crippen LogP contribution in [0.15, 0.2) is 0 Å². The van der Waals surface area contributed by atoms with Crippen LogP contribution in [0.25, 0.3) is 0 Å². The minimum Gasteiger partial charge on any atom is -0.465 e. The molecule has 1 amide bonds. The lowest BCUT2D eigenvalue weighted by molar-refractivity contribution is -0.0734. The van der Waals surface area contributed by atoms with Gasteiger partial charge in [0.2, 0.25) is 0 Å². The van der Waals surface area contributed by atoms with Crippen molar-refractivity contribution in [3.63, 3.8) is 0 Å². The van der Waals surface area contributed by atoms with Crippen molar-refractivity contribution in [1.82, 2.24) is 4.90 Å². The zero-order valence-corrected chi connectivity index (χ0v) is 11.8. The van der Waals surface area contributed by atoms with E-state index in [4.69, 9.17) is 4.74 Å². The molecule has 0 aromatic carbocycles. The molecule has 106 valence electrons. The summed E-state index contributed by atoms with van der Waals surface area (Å²) in [7, 11) is 1.57. The molecule has 0 unspecified atom stereocenters. The van der Waals surface area contributed by atoms with E-state index in [0.717, 1.165) is 0 Å². The zero-order chi connectivity index (χ0) is 14.0. The van der Waals surface area contributed by atoms with Gasteiger partial charge in [0, 0.05) is 18.7 Å². The maximum absolute atomic E-state index is 11.4. The van der Waals surface area contributed by atoms with E-state index in [0.29, 0.717) is 32.3 Å². The first kappa shape index (κ1) is 15.2. The van der Waals surface area contributed by atoms with Gasteiger partial charge >= 0.3 is 6.09 Å². The number of aliphatic hydroxyl groups is 1. The Balaban J connectivity index is 2.68. The largest absolute Gasteiger partial charge is 0.465 e. The van der Waals surface area contributed by atoms with Crippen molar-refractivity contribution in [3.05, 3.63) is 0 Å². The Labute approximate surface area is 109 Å². The average Bonchev–Trinajstić information content (AvgIpc) is 2.19. The van der Waals surface area contributed by atoms with E-state index in [9.17, 15) is 15.0 Å². The van der Waals surface area contributed by atoms with E-state index in [2.05, 4.69) is 0 Å². The molecule has 0 radical (unpaired) electrons. The first-order valence-electron chi connectivity index (χ1n) is 6.43. The van der Waals surface area contributed by atoms with Crippen molar-refractivity contribution >= 4 is 6.09 Å². The van der Waals surface area contributed by atoms with Crippen molar-refractivity contribution in [2.75, 3.05) is 13.7 Å². The third kappa shape index (κ3) is 3.59. The average molecular weight is 259 g/mol. The summed E-state index contributed by atoms with van der Waals surface area (Å²) in [6.45, 7) is 6.02. The molecule has 1 aliphatic rings. The third-order valence-corrected chi connectivity index (χ3v) is 3.59. The number of methoxy groups -OCH3 is 1. The number of amides is 1. The van der Waals surface area contributed by atoms with Gasteiger partial charge in [-0.15, -0.1) is 0 Å². The number of rotatable bonds is 3. The number of hydrogen-bond acceptors (Lipinski definition) is 3. The summed E-state index contributed by atoms with van der Waals surface area (Å²) < 4.78 is 5.01. The van der Waals surface area contributed by atoms with Crippen molar-refractivity contribution in [3.8, 4) is 0 Å². The van der Waals surface area contributed by atoms with Crippen molar-refractivity contribution in [1.29, 1.82) is 0 Å². The maximum Gasteiger partial charge on any atom is 0.407 e. The zero-order valence-electron chi connectivity index (χ0n) is 11.8. The van der Waals surface area contributed by atoms with E-state index in [1.165, 1.54) is 4.90 Å². The quantitative estimate of drug-likeness (QED) is 0.814. The molecule has 5 nitrogen and oxygen atoms in total. The van der Waals surface area contributed by atoms with Gasteiger partial charge in [0.1, 0.15) is 0 Å². The summed E-state index contributed by atoms with van der Waals surface area (Å²) in [6.07, 6.45) is 1.66. The molecule has 1 fully saturated rings. The Kier molecular flexibility index (Phi) is 4.61. The van der Waals surface area contributed by atoms with Crippen LogP contribution >= 0.6 is 0 Å². The highest BCUT2D eigenvalue weighted by Crippen LogP contribution is 2.33. The molecule has 1 aliphatic carbocycles. The van der Waals surface area contributed by atoms with Gasteiger partial charge in [-0.25, -0.2) is 4.79 Å². The number of hydrogen-bond donors (Lipinski definition) is 2. The Morgan fingerprint density at radius 2 is 1.89 bits per heavy atom. The van der Waals surface area contributed by atoms with Crippen LogP contribution in [0.1, 0.15) is 46.5 Å². The molecule has 5 heteroatoms. The molecule has 0 heterocycles. The number of nitrogens with zero attached hydrogens (tertiary/aromatic N) is 1. The minimum atomic E-state index is -0.885. The SMILES string of the molecule is COC[C@]1(O)CC[C@@H](N(C(=O)O)C(C)(C)C)CC1. The summed E-state index contributed by atoms with van der Waals surface area (Å²) >= 11 is 0. The van der Waals surface area contributed by atoms with Gasteiger partial charge in [0.05, 0.1) is 12.2 Å². The normalized spacial score (nSPS) is 29.1. The molecule has 1 saturated carbocycles. The van der Waals surface area contributed by atoms with Gasteiger partial charge in [-0.3, -0.25) is 0 Å². The molecule has 0 atom stereocenters.